The van der Waals surface area contributed by atoms with Crippen LogP contribution in [0.15, 0.2) is 84.3 Å². The van der Waals surface area contributed by atoms with E-state index in [9.17, 15) is 4.79 Å². The molecule has 1 unspecified atom stereocenters. The van der Waals surface area contributed by atoms with Crippen molar-refractivity contribution in [3.8, 4) is 22.9 Å². The van der Waals surface area contributed by atoms with Gasteiger partial charge in [0.2, 0.25) is 5.91 Å². The number of fused-ring (bicyclic) bond motifs is 1. The maximum absolute atomic E-state index is 12.6. The van der Waals surface area contributed by atoms with Crippen molar-refractivity contribution < 1.29 is 14.3 Å². The van der Waals surface area contributed by atoms with Gasteiger partial charge >= 0.3 is 0 Å². The zero-order valence-corrected chi connectivity index (χ0v) is 19.1. The SMILES string of the molecule is O=C(CSc1nnc(-c2cccnc2)n1Cc1ccccc1)NCC1COc2ccccc2O1. The first-order valence-electron chi connectivity index (χ1n) is 10.9. The summed E-state index contributed by atoms with van der Waals surface area (Å²) in [5, 5.41) is 12.3. The Hall–Kier alpha value is -3.85. The average molecular weight is 474 g/mol. The van der Waals surface area contributed by atoms with Gasteiger partial charge in [0.1, 0.15) is 12.7 Å². The summed E-state index contributed by atoms with van der Waals surface area (Å²) in [7, 11) is 0. The molecule has 172 valence electrons. The van der Waals surface area contributed by atoms with E-state index in [0.717, 1.165) is 16.9 Å². The second-order valence-electron chi connectivity index (χ2n) is 7.71. The van der Waals surface area contributed by atoms with Gasteiger partial charge < -0.3 is 14.8 Å². The molecule has 0 bridgehead atoms. The van der Waals surface area contributed by atoms with E-state index < -0.39 is 0 Å². The van der Waals surface area contributed by atoms with Crippen molar-refractivity contribution in [2.24, 2.45) is 0 Å². The van der Waals surface area contributed by atoms with E-state index in [1.54, 1.807) is 12.4 Å². The molecular weight excluding hydrogens is 450 g/mol. The van der Waals surface area contributed by atoms with Crippen molar-refractivity contribution in [2.45, 2.75) is 17.8 Å². The van der Waals surface area contributed by atoms with Gasteiger partial charge in [-0.3, -0.25) is 14.3 Å². The maximum Gasteiger partial charge on any atom is 0.230 e. The van der Waals surface area contributed by atoms with Crippen LogP contribution in [0.2, 0.25) is 0 Å². The number of carbonyl (C=O) groups excluding carboxylic acids is 1. The number of hydrogen-bond donors (Lipinski definition) is 1. The lowest BCUT2D eigenvalue weighted by molar-refractivity contribution is -0.119. The molecule has 2 aromatic heterocycles. The van der Waals surface area contributed by atoms with Crippen LogP contribution in [0.5, 0.6) is 11.5 Å². The Morgan fingerprint density at radius 1 is 1.03 bits per heavy atom. The minimum atomic E-state index is -0.234. The van der Waals surface area contributed by atoms with Crippen LogP contribution in [-0.2, 0) is 11.3 Å². The molecule has 9 heteroatoms. The fourth-order valence-corrected chi connectivity index (χ4v) is 4.35. The van der Waals surface area contributed by atoms with Crippen molar-refractivity contribution in [2.75, 3.05) is 18.9 Å². The molecule has 3 heterocycles. The number of rotatable bonds is 8. The third kappa shape index (κ3) is 5.20. The number of para-hydroxylation sites is 2. The minimum absolute atomic E-state index is 0.107. The van der Waals surface area contributed by atoms with E-state index in [4.69, 9.17) is 9.47 Å². The lowest BCUT2D eigenvalue weighted by atomic mass is 10.2. The zero-order chi connectivity index (χ0) is 23.2. The predicted octanol–water partition coefficient (Wildman–Crippen LogP) is 3.44. The standard InChI is InChI=1S/C25H23N5O3S/c31-23(27-14-20-16-32-21-10-4-5-11-22(21)33-20)17-34-25-29-28-24(19-9-6-12-26-13-19)30(25)15-18-7-2-1-3-8-18/h1-13,20H,14-17H2,(H,27,31). The highest BCUT2D eigenvalue weighted by Crippen LogP contribution is 2.30. The molecule has 5 rings (SSSR count). The van der Waals surface area contributed by atoms with Crippen LogP contribution >= 0.6 is 11.8 Å². The molecule has 1 N–H and O–H groups in total. The Balaban J connectivity index is 1.22. The average Bonchev–Trinajstić information content (AvgIpc) is 3.29. The van der Waals surface area contributed by atoms with Crippen LogP contribution in [0.1, 0.15) is 5.56 Å². The summed E-state index contributed by atoms with van der Waals surface area (Å²) in [4.78, 5) is 16.8. The van der Waals surface area contributed by atoms with Crippen LogP contribution < -0.4 is 14.8 Å². The molecule has 0 fully saturated rings. The number of ether oxygens (including phenoxy) is 2. The van der Waals surface area contributed by atoms with Gasteiger partial charge in [0, 0.05) is 18.0 Å². The Morgan fingerprint density at radius 3 is 2.68 bits per heavy atom. The molecule has 34 heavy (non-hydrogen) atoms. The normalized spacial score (nSPS) is 14.5. The number of hydrogen-bond acceptors (Lipinski definition) is 7. The maximum atomic E-state index is 12.6. The summed E-state index contributed by atoms with van der Waals surface area (Å²) < 4.78 is 13.6. The number of benzene rings is 2. The van der Waals surface area contributed by atoms with E-state index in [-0.39, 0.29) is 17.8 Å². The zero-order valence-electron chi connectivity index (χ0n) is 18.3. The number of amides is 1. The summed E-state index contributed by atoms with van der Waals surface area (Å²) in [5.74, 6) is 2.24. The van der Waals surface area contributed by atoms with Gasteiger partial charge in [-0.05, 0) is 29.8 Å². The molecule has 1 aliphatic rings. The Morgan fingerprint density at radius 2 is 1.85 bits per heavy atom. The first-order valence-corrected chi connectivity index (χ1v) is 11.9. The molecule has 4 aromatic rings. The topological polar surface area (TPSA) is 91.2 Å². The molecule has 0 radical (unpaired) electrons. The van der Waals surface area contributed by atoms with Crippen molar-refractivity contribution in [3.63, 3.8) is 0 Å². The van der Waals surface area contributed by atoms with Crippen LogP contribution in [0.4, 0.5) is 0 Å². The first kappa shape index (κ1) is 22.0. The van der Waals surface area contributed by atoms with Gasteiger partial charge in [-0.25, -0.2) is 0 Å². The van der Waals surface area contributed by atoms with Gasteiger partial charge in [0.05, 0.1) is 18.8 Å². The molecular formula is C25H23N5O3S. The summed E-state index contributed by atoms with van der Waals surface area (Å²) in [6, 6.07) is 21.4. The van der Waals surface area contributed by atoms with Gasteiger partial charge in [-0.15, -0.1) is 10.2 Å². The minimum Gasteiger partial charge on any atom is -0.486 e. The largest absolute Gasteiger partial charge is 0.486 e. The van der Waals surface area contributed by atoms with Crippen LogP contribution in [0, 0.1) is 0 Å². The monoisotopic (exact) mass is 473 g/mol. The molecule has 0 saturated carbocycles. The Labute approximate surface area is 201 Å². The van der Waals surface area contributed by atoms with Crippen LogP contribution in [0.25, 0.3) is 11.4 Å². The van der Waals surface area contributed by atoms with Gasteiger partial charge in [0.25, 0.3) is 0 Å². The third-order valence-electron chi connectivity index (χ3n) is 5.25. The summed E-state index contributed by atoms with van der Waals surface area (Å²) in [6.45, 7) is 1.35. The lowest BCUT2D eigenvalue weighted by Crippen LogP contribution is -2.41. The molecule has 0 spiro atoms. The molecule has 8 nitrogen and oxygen atoms in total. The van der Waals surface area contributed by atoms with E-state index in [1.165, 1.54) is 11.8 Å². The molecule has 1 atom stereocenters. The number of carbonyl (C=O) groups is 1. The van der Waals surface area contributed by atoms with Gasteiger partial charge in [-0.2, -0.15) is 0 Å². The molecule has 0 saturated heterocycles. The molecule has 1 amide bonds. The van der Waals surface area contributed by atoms with Crippen LogP contribution in [-0.4, -0.2) is 50.7 Å². The van der Waals surface area contributed by atoms with Crippen molar-refractivity contribution >= 4 is 17.7 Å². The van der Waals surface area contributed by atoms with E-state index in [0.29, 0.717) is 36.4 Å². The van der Waals surface area contributed by atoms with Crippen molar-refractivity contribution in [1.82, 2.24) is 25.1 Å². The second-order valence-corrected chi connectivity index (χ2v) is 8.65. The lowest BCUT2D eigenvalue weighted by Gasteiger charge is -2.26. The number of thioether (sulfide) groups is 1. The third-order valence-corrected chi connectivity index (χ3v) is 6.21. The predicted molar refractivity (Wildman–Crippen MR) is 129 cm³/mol. The highest BCUT2D eigenvalue weighted by atomic mass is 32.2. The first-order chi connectivity index (χ1) is 16.8. The number of pyridine rings is 1. The van der Waals surface area contributed by atoms with Gasteiger partial charge in [0.15, 0.2) is 22.5 Å². The quantitative estimate of drug-likeness (QED) is 0.392. The summed E-state index contributed by atoms with van der Waals surface area (Å²) in [6.07, 6.45) is 3.25. The highest BCUT2D eigenvalue weighted by molar-refractivity contribution is 7.99. The molecule has 2 aromatic carbocycles. The molecule has 1 aliphatic heterocycles. The summed E-state index contributed by atoms with van der Waals surface area (Å²) >= 11 is 1.35. The van der Waals surface area contributed by atoms with E-state index in [2.05, 4.69) is 32.6 Å². The fraction of sp³-hybridized carbons (Fsp3) is 0.200. The summed E-state index contributed by atoms with van der Waals surface area (Å²) in [5.41, 5.74) is 1.99. The van der Waals surface area contributed by atoms with E-state index >= 15 is 0 Å². The number of aromatic nitrogens is 4. The molecule has 0 aliphatic carbocycles. The number of nitrogens with zero attached hydrogens (tertiary/aromatic N) is 4. The van der Waals surface area contributed by atoms with Crippen molar-refractivity contribution in [1.29, 1.82) is 0 Å². The van der Waals surface area contributed by atoms with Gasteiger partial charge in [-0.1, -0.05) is 54.2 Å². The smallest absolute Gasteiger partial charge is 0.230 e. The fourth-order valence-electron chi connectivity index (χ4n) is 3.59. The highest BCUT2D eigenvalue weighted by Gasteiger charge is 2.21. The van der Waals surface area contributed by atoms with Crippen LogP contribution in [0.3, 0.4) is 0 Å². The Bertz CT molecular complexity index is 1250. The Kier molecular flexibility index (Phi) is 6.71. The van der Waals surface area contributed by atoms with Crippen molar-refractivity contribution in [3.05, 3.63) is 84.7 Å². The second kappa shape index (κ2) is 10.4. The number of nitrogens with one attached hydrogen (secondary N) is 1. The van der Waals surface area contributed by atoms with E-state index in [1.807, 2.05) is 59.2 Å².